The molecule has 5 heteroatoms. The number of aromatic hydroxyl groups is 1. The van der Waals surface area contributed by atoms with Crippen LogP contribution >= 0.6 is 0 Å². The molecule has 0 aliphatic heterocycles. The molecule has 98 valence electrons. The fourth-order valence-electron chi connectivity index (χ4n) is 1.51. The van der Waals surface area contributed by atoms with Crippen LogP contribution in [0.15, 0.2) is 24.3 Å². The highest BCUT2D eigenvalue weighted by Gasteiger charge is 2.18. The van der Waals surface area contributed by atoms with Crippen molar-refractivity contribution in [2.45, 2.75) is 13.8 Å². The number of hydrogen-bond acceptors (Lipinski definition) is 4. The van der Waals surface area contributed by atoms with E-state index in [1.54, 1.807) is 26.0 Å². The monoisotopic (exact) mass is 251 g/mol. The number of rotatable bonds is 5. The highest BCUT2D eigenvalue weighted by atomic mass is 16.5. The second-order valence-electron chi connectivity index (χ2n) is 3.67. The molecule has 0 radical (unpaired) electrons. The van der Waals surface area contributed by atoms with E-state index in [4.69, 9.17) is 4.74 Å². The van der Waals surface area contributed by atoms with Crippen molar-refractivity contribution in [3.8, 4) is 5.75 Å². The molecule has 1 amide bonds. The maximum Gasteiger partial charge on any atom is 0.325 e. The fourth-order valence-corrected chi connectivity index (χ4v) is 1.51. The highest BCUT2D eigenvalue weighted by molar-refractivity contribution is 5.96. The van der Waals surface area contributed by atoms with Crippen LogP contribution in [0.4, 0.5) is 0 Å². The number of carbonyl (C=O) groups excluding carboxylic acids is 2. The Labute approximate surface area is 106 Å². The van der Waals surface area contributed by atoms with Gasteiger partial charge in [0.2, 0.25) is 0 Å². The summed E-state index contributed by atoms with van der Waals surface area (Å²) in [5, 5.41) is 9.32. The summed E-state index contributed by atoms with van der Waals surface area (Å²) in [5.74, 6) is -0.720. The molecule has 5 nitrogen and oxygen atoms in total. The molecule has 0 bridgehead atoms. The highest BCUT2D eigenvalue weighted by Crippen LogP contribution is 2.13. The van der Waals surface area contributed by atoms with Gasteiger partial charge < -0.3 is 14.7 Å². The van der Waals surface area contributed by atoms with Gasteiger partial charge in [0, 0.05) is 12.1 Å². The van der Waals surface area contributed by atoms with Gasteiger partial charge in [-0.25, -0.2) is 0 Å². The summed E-state index contributed by atoms with van der Waals surface area (Å²) in [6, 6.07) is 6.03. The van der Waals surface area contributed by atoms with Crippen molar-refractivity contribution in [1.82, 2.24) is 4.90 Å². The van der Waals surface area contributed by atoms with Crippen LogP contribution in [0.2, 0.25) is 0 Å². The molecule has 1 aromatic rings. The molecule has 1 N–H and O–H groups in total. The molecule has 0 aliphatic carbocycles. The Balaban J connectivity index is 2.76. The Morgan fingerprint density at radius 2 is 2.06 bits per heavy atom. The lowest BCUT2D eigenvalue weighted by Crippen LogP contribution is -2.36. The van der Waals surface area contributed by atoms with Crippen LogP contribution in [0, 0.1) is 0 Å². The Kier molecular flexibility index (Phi) is 5.17. The van der Waals surface area contributed by atoms with E-state index in [0.29, 0.717) is 12.1 Å². The summed E-state index contributed by atoms with van der Waals surface area (Å²) in [7, 11) is 0. The van der Waals surface area contributed by atoms with Crippen molar-refractivity contribution < 1.29 is 19.4 Å². The normalized spacial score (nSPS) is 9.89. The Morgan fingerprint density at radius 1 is 1.33 bits per heavy atom. The average molecular weight is 251 g/mol. The SMILES string of the molecule is CCOC(=O)CN(CC)C(=O)c1cccc(O)c1. The number of carbonyl (C=O) groups is 2. The van der Waals surface area contributed by atoms with Gasteiger partial charge in [-0.05, 0) is 32.0 Å². The summed E-state index contributed by atoms with van der Waals surface area (Å²) < 4.78 is 4.80. The van der Waals surface area contributed by atoms with E-state index in [2.05, 4.69) is 0 Å². The Morgan fingerprint density at radius 3 is 2.61 bits per heavy atom. The van der Waals surface area contributed by atoms with Gasteiger partial charge in [-0.15, -0.1) is 0 Å². The van der Waals surface area contributed by atoms with Crippen molar-refractivity contribution in [3.05, 3.63) is 29.8 Å². The lowest BCUT2D eigenvalue weighted by Gasteiger charge is -2.19. The van der Waals surface area contributed by atoms with Crippen molar-refractivity contribution in [2.24, 2.45) is 0 Å². The van der Waals surface area contributed by atoms with E-state index >= 15 is 0 Å². The van der Waals surface area contributed by atoms with Gasteiger partial charge in [-0.1, -0.05) is 6.07 Å². The maximum atomic E-state index is 12.1. The molecule has 0 aromatic heterocycles. The zero-order valence-electron chi connectivity index (χ0n) is 10.5. The van der Waals surface area contributed by atoms with Gasteiger partial charge in [0.15, 0.2) is 0 Å². The largest absolute Gasteiger partial charge is 0.508 e. The molecule has 0 unspecified atom stereocenters. The third-order valence-corrected chi connectivity index (χ3v) is 2.39. The summed E-state index contributed by atoms with van der Waals surface area (Å²) >= 11 is 0. The smallest absolute Gasteiger partial charge is 0.325 e. The first-order chi connectivity index (χ1) is 8.58. The lowest BCUT2D eigenvalue weighted by molar-refractivity contribution is -0.143. The summed E-state index contributed by atoms with van der Waals surface area (Å²) in [5.41, 5.74) is 0.348. The van der Waals surface area contributed by atoms with Crippen LogP contribution < -0.4 is 0 Å². The molecule has 0 heterocycles. The van der Waals surface area contributed by atoms with Crippen molar-refractivity contribution in [1.29, 1.82) is 0 Å². The Bertz CT molecular complexity index is 431. The second kappa shape index (κ2) is 6.64. The molecule has 0 fully saturated rings. The van der Waals surface area contributed by atoms with Crippen LogP contribution in [0.1, 0.15) is 24.2 Å². The number of benzene rings is 1. The standard InChI is InChI=1S/C13H17NO4/c1-3-14(9-12(16)18-4-2)13(17)10-6-5-7-11(15)8-10/h5-8,15H,3-4,9H2,1-2H3. The number of phenols is 1. The molecular weight excluding hydrogens is 234 g/mol. The van der Waals surface area contributed by atoms with E-state index < -0.39 is 5.97 Å². The van der Waals surface area contributed by atoms with Gasteiger partial charge in [-0.3, -0.25) is 9.59 Å². The molecule has 1 rings (SSSR count). The van der Waals surface area contributed by atoms with Gasteiger partial charge in [0.25, 0.3) is 5.91 Å². The zero-order valence-corrected chi connectivity index (χ0v) is 10.5. The van der Waals surface area contributed by atoms with E-state index in [9.17, 15) is 14.7 Å². The molecule has 1 aromatic carbocycles. The predicted molar refractivity (Wildman–Crippen MR) is 66.3 cm³/mol. The zero-order chi connectivity index (χ0) is 13.5. The van der Waals surface area contributed by atoms with Crippen LogP contribution in [0.25, 0.3) is 0 Å². The van der Waals surface area contributed by atoms with Crippen LogP contribution in [-0.2, 0) is 9.53 Å². The predicted octanol–water partition coefficient (Wildman–Crippen LogP) is 1.42. The number of likely N-dealkylation sites (N-methyl/N-ethyl adjacent to an activating group) is 1. The molecule has 0 atom stereocenters. The van der Waals surface area contributed by atoms with E-state index in [1.807, 2.05) is 0 Å². The van der Waals surface area contributed by atoms with Crippen molar-refractivity contribution in [2.75, 3.05) is 19.7 Å². The minimum atomic E-state index is -0.437. The first kappa shape index (κ1) is 14.0. The van der Waals surface area contributed by atoms with Gasteiger partial charge in [0.1, 0.15) is 12.3 Å². The topological polar surface area (TPSA) is 66.8 Å². The Hall–Kier alpha value is -2.04. The van der Waals surface area contributed by atoms with E-state index in [0.717, 1.165) is 0 Å². The van der Waals surface area contributed by atoms with Gasteiger partial charge in [0.05, 0.1) is 6.61 Å². The lowest BCUT2D eigenvalue weighted by atomic mass is 10.2. The van der Waals surface area contributed by atoms with Gasteiger partial charge in [-0.2, -0.15) is 0 Å². The number of nitrogens with zero attached hydrogens (tertiary/aromatic N) is 1. The number of esters is 1. The molecule has 0 spiro atoms. The number of ether oxygens (including phenoxy) is 1. The van der Waals surface area contributed by atoms with Crippen LogP contribution in [-0.4, -0.2) is 41.6 Å². The van der Waals surface area contributed by atoms with Crippen LogP contribution in [0.5, 0.6) is 5.75 Å². The van der Waals surface area contributed by atoms with Gasteiger partial charge >= 0.3 is 5.97 Å². The fraction of sp³-hybridized carbons (Fsp3) is 0.385. The molecule has 0 saturated heterocycles. The third kappa shape index (κ3) is 3.76. The van der Waals surface area contributed by atoms with E-state index in [-0.39, 0.29) is 24.8 Å². The average Bonchev–Trinajstić information content (AvgIpc) is 2.35. The quantitative estimate of drug-likeness (QED) is 0.804. The number of phenolic OH excluding ortho intramolecular Hbond substituents is 1. The first-order valence-electron chi connectivity index (χ1n) is 5.82. The molecular formula is C13H17NO4. The summed E-state index contributed by atoms with van der Waals surface area (Å²) in [4.78, 5) is 24.8. The van der Waals surface area contributed by atoms with Crippen molar-refractivity contribution >= 4 is 11.9 Å². The minimum absolute atomic E-state index is 0.0213. The second-order valence-corrected chi connectivity index (χ2v) is 3.67. The maximum absolute atomic E-state index is 12.1. The molecule has 18 heavy (non-hydrogen) atoms. The molecule has 0 aliphatic rings. The van der Waals surface area contributed by atoms with Crippen molar-refractivity contribution in [3.63, 3.8) is 0 Å². The molecule has 0 saturated carbocycles. The summed E-state index contributed by atoms with van der Waals surface area (Å²) in [6.45, 7) is 4.09. The first-order valence-corrected chi connectivity index (χ1v) is 5.82. The third-order valence-electron chi connectivity index (χ3n) is 2.39. The van der Waals surface area contributed by atoms with Crippen LogP contribution in [0.3, 0.4) is 0 Å². The summed E-state index contributed by atoms with van der Waals surface area (Å²) in [6.07, 6.45) is 0. The number of hydrogen-bond donors (Lipinski definition) is 1. The minimum Gasteiger partial charge on any atom is -0.508 e. The number of amides is 1. The van der Waals surface area contributed by atoms with E-state index in [1.165, 1.54) is 17.0 Å².